The third-order valence-electron chi connectivity index (χ3n) is 3.21. The van der Waals surface area contributed by atoms with Crippen molar-refractivity contribution in [2.45, 2.75) is 12.5 Å². The van der Waals surface area contributed by atoms with Crippen LogP contribution < -0.4 is 15.8 Å². The average Bonchev–Trinajstić information content (AvgIpc) is 2.53. The number of hydrogen-bond acceptors (Lipinski definition) is 4. The standard InChI is InChI=1S/C17H21FN2O2/c18-14-3-7-17(8-4-14)22-12-16(21)11-20-10-9-13-1-5-15(19)6-2-13/h1-8,16,20-21H,9-12,19H2/t16-/m0/s1. The molecule has 0 fully saturated rings. The van der Waals surface area contributed by atoms with E-state index in [0.29, 0.717) is 12.3 Å². The molecule has 22 heavy (non-hydrogen) atoms. The van der Waals surface area contributed by atoms with Gasteiger partial charge < -0.3 is 20.9 Å². The van der Waals surface area contributed by atoms with Gasteiger partial charge >= 0.3 is 0 Å². The summed E-state index contributed by atoms with van der Waals surface area (Å²) in [5.74, 6) is 0.236. The van der Waals surface area contributed by atoms with Crippen LogP contribution in [0.3, 0.4) is 0 Å². The lowest BCUT2D eigenvalue weighted by molar-refractivity contribution is 0.106. The second-order valence-electron chi connectivity index (χ2n) is 5.11. The molecule has 0 bridgehead atoms. The summed E-state index contributed by atoms with van der Waals surface area (Å²) in [5.41, 5.74) is 7.58. The third kappa shape index (κ3) is 5.71. The number of ether oxygens (including phenoxy) is 1. The zero-order valence-corrected chi connectivity index (χ0v) is 12.3. The quantitative estimate of drug-likeness (QED) is 0.515. The molecule has 0 radical (unpaired) electrons. The average molecular weight is 304 g/mol. The molecule has 0 heterocycles. The SMILES string of the molecule is Nc1ccc(CCNC[C@H](O)COc2ccc(F)cc2)cc1. The number of nitrogens with two attached hydrogens (primary N) is 1. The van der Waals surface area contributed by atoms with Gasteiger partial charge in [0.1, 0.15) is 24.3 Å². The molecule has 0 aliphatic carbocycles. The van der Waals surface area contributed by atoms with Crippen molar-refractivity contribution in [1.82, 2.24) is 5.32 Å². The molecule has 118 valence electrons. The molecular weight excluding hydrogens is 283 g/mol. The van der Waals surface area contributed by atoms with Crippen LogP contribution in [0.2, 0.25) is 0 Å². The van der Waals surface area contributed by atoms with E-state index in [1.54, 1.807) is 0 Å². The topological polar surface area (TPSA) is 67.5 Å². The Balaban J connectivity index is 1.60. The number of halogens is 1. The Morgan fingerprint density at radius 3 is 2.45 bits per heavy atom. The van der Waals surface area contributed by atoms with E-state index < -0.39 is 6.10 Å². The summed E-state index contributed by atoms with van der Waals surface area (Å²) in [6.07, 6.45) is 0.253. The van der Waals surface area contributed by atoms with Crippen LogP contribution >= 0.6 is 0 Å². The fourth-order valence-electron chi connectivity index (χ4n) is 1.97. The first kappa shape index (κ1) is 16.3. The lowest BCUT2D eigenvalue weighted by atomic mass is 10.1. The maximum Gasteiger partial charge on any atom is 0.123 e. The lowest BCUT2D eigenvalue weighted by Gasteiger charge is -2.13. The Bertz CT molecular complexity index is 558. The highest BCUT2D eigenvalue weighted by atomic mass is 19.1. The molecule has 2 rings (SSSR count). The highest BCUT2D eigenvalue weighted by Crippen LogP contribution is 2.11. The summed E-state index contributed by atoms with van der Waals surface area (Å²) >= 11 is 0. The van der Waals surface area contributed by atoms with Gasteiger partial charge in [-0.1, -0.05) is 12.1 Å². The Hall–Kier alpha value is -2.11. The summed E-state index contributed by atoms with van der Waals surface area (Å²) < 4.78 is 18.1. The largest absolute Gasteiger partial charge is 0.491 e. The number of aliphatic hydroxyl groups is 1. The monoisotopic (exact) mass is 304 g/mol. The van der Waals surface area contributed by atoms with Gasteiger partial charge in [0.05, 0.1) is 0 Å². The summed E-state index contributed by atoms with van der Waals surface area (Å²) in [4.78, 5) is 0. The van der Waals surface area contributed by atoms with E-state index in [9.17, 15) is 9.50 Å². The van der Waals surface area contributed by atoms with E-state index in [1.807, 2.05) is 24.3 Å². The molecule has 2 aromatic rings. The number of aliphatic hydroxyl groups excluding tert-OH is 1. The van der Waals surface area contributed by atoms with Gasteiger partial charge in [0.25, 0.3) is 0 Å². The maximum absolute atomic E-state index is 12.7. The van der Waals surface area contributed by atoms with Crippen LogP contribution in [-0.4, -0.2) is 30.9 Å². The number of nitrogens with one attached hydrogen (secondary N) is 1. The molecule has 0 aromatic heterocycles. The molecule has 0 saturated heterocycles. The predicted octanol–water partition coefficient (Wildman–Crippen LogP) is 1.98. The van der Waals surface area contributed by atoms with Crippen molar-refractivity contribution in [2.75, 3.05) is 25.4 Å². The number of nitrogen functional groups attached to an aromatic ring is 1. The van der Waals surface area contributed by atoms with Crippen molar-refractivity contribution >= 4 is 5.69 Å². The zero-order chi connectivity index (χ0) is 15.8. The lowest BCUT2D eigenvalue weighted by Crippen LogP contribution is -2.32. The number of rotatable bonds is 8. The van der Waals surface area contributed by atoms with Gasteiger partial charge in [-0.05, 0) is 54.9 Å². The highest BCUT2D eigenvalue weighted by molar-refractivity contribution is 5.39. The molecule has 4 nitrogen and oxygen atoms in total. The van der Waals surface area contributed by atoms with Gasteiger partial charge in [-0.25, -0.2) is 4.39 Å². The molecule has 0 saturated carbocycles. The Kier molecular flexibility index (Phi) is 6.18. The summed E-state index contributed by atoms with van der Waals surface area (Å²) in [6.45, 7) is 1.37. The molecular formula is C17H21FN2O2. The van der Waals surface area contributed by atoms with Crippen LogP contribution in [-0.2, 0) is 6.42 Å². The van der Waals surface area contributed by atoms with E-state index in [4.69, 9.17) is 10.5 Å². The van der Waals surface area contributed by atoms with E-state index in [-0.39, 0.29) is 12.4 Å². The summed E-state index contributed by atoms with van der Waals surface area (Å²) in [7, 11) is 0. The summed E-state index contributed by atoms with van der Waals surface area (Å²) in [6, 6.07) is 13.5. The number of benzene rings is 2. The highest BCUT2D eigenvalue weighted by Gasteiger charge is 2.05. The van der Waals surface area contributed by atoms with Gasteiger partial charge in [-0.15, -0.1) is 0 Å². The predicted molar refractivity (Wildman–Crippen MR) is 85.3 cm³/mol. The molecule has 0 unspecified atom stereocenters. The van der Waals surface area contributed by atoms with Crippen molar-refractivity contribution in [3.63, 3.8) is 0 Å². The molecule has 0 amide bonds. The van der Waals surface area contributed by atoms with Gasteiger partial charge in [-0.3, -0.25) is 0 Å². The van der Waals surface area contributed by atoms with Crippen LogP contribution in [0.5, 0.6) is 5.75 Å². The first-order chi connectivity index (χ1) is 10.6. The Morgan fingerprint density at radius 2 is 1.77 bits per heavy atom. The van der Waals surface area contributed by atoms with Crippen LogP contribution in [0, 0.1) is 5.82 Å². The molecule has 2 aromatic carbocycles. The second kappa shape index (κ2) is 8.36. The third-order valence-corrected chi connectivity index (χ3v) is 3.21. The molecule has 1 atom stereocenters. The molecule has 0 aliphatic heterocycles. The minimum Gasteiger partial charge on any atom is -0.491 e. The van der Waals surface area contributed by atoms with Gasteiger partial charge in [0.2, 0.25) is 0 Å². The van der Waals surface area contributed by atoms with E-state index in [0.717, 1.165) is 18.7 Å². The molecule has 0 aliphatic rings. The van der Waals surface area contributed by atoms with E-state index in [1.165, 1.54) is 29.8 Å². The second-order valence-corrected chi connectivity index (χ2v) is 5.11. The maximum atomic E-state index is 12.7. The minimum absolute atomic E-state index is 0.167. The number of hydrogen-bond donors (Lipinski definition) is 3. The minimum atomic E-state index is -0.614. The van der Waals surface area contributed by atoms with Crippen LogP contribution in [0.4, 0.5) is 10.1 Å². The number of anilines is 1. The summed E-state index contributed by atoms with van der Waals surface area (Å²) in [5, 5.41) is 13.0. The van der Waals surface area contributed by atoms with E-state index in [2.05, 4.69) is 5.32 Å². The van der Waals surface area contributed by atoms with Crippen molar-refractivity contribution in [3.05, 3.63) is 59.9 Å². The van der Waals surface area contributed by atoms with Crippen LogP contribution in [0.25, 0.3) is 0 Å². The van der Waals surface area contributed by atoms with Crippen LogP contribution in [0.1, 0.15) is 5.56 Å². The van der Waals surface area contributed by atoms with Crippen molar-refractivity contribution in [3.8, 4) is 5.75 Å². The molecule has 5 heteroatoms. The van der Waals surface area contributed by atoms with Gasteiger partial charge in [-0.2, -0.15) is 0 Å². The fourth-order valence-corrected chi connectivity index (χ4v) is 1.97. The van der Waals surface area contributed by atoms with Crippen molar-refractivity contribution in [2.24, 2.45) is 0 Å². The molecule has 0 spiro atoms. The normalized spacial score (nSPS) is 12.1. The first-order valence-electron chi connectivity index (χ1n) is 7.25. The van der Waals surface area contributed by atoms with Gasteiger partial charge in [0, 0.05) is 12.2 Å². The molecule has 4 N–H and O–H groups in total. The van der Waals surface area contributed by atoms with Gasteiger partial charge in [0.15, 0.2) is 0 Å². The van der Waals surface area contributed by atoms with Crippen molar-refractivity contribution in [1.29, 1.82) is 0 Å². The van der Waals surface area contributed by atoms with Crippen molar-refractivity contribution < 1.29 is 14.2 Å². The smallest absolute Gasteiger partial charge is 0.123 e. The zero-order valence-electron chi connectivity index (χ0n) is 12.3. The van der Waals surface area contributed by atoms with E-state index >= 15 is 0 Å². The first-order valence-corrected chi connectivity index (χ1v) is 7.25. The fraction of sp³-hybridized carbons (Fsp3) is 0.294. The Labute approximate surface area is 129 Å². The van der Waals surface area contributed by atoms with Crippen LogP contribution in [0.15, 0.2) is 48.5 Å². The Morgan fingerprint density at radius 1 is 1.09 bits per heavy atom.